The summed E-state index contributed by atoms with van der Waals surface area (Å²) in [6, 6.07) is -0.779. The van der Waals surface area contributed by atoms with Crippen LogP contribution in [0.1, 0.15) is 68.7 Å². The smallest absolute Gasteiger partial charge is 0.408 e. The highest BCUT2D eigenvalue weighted by Gasteiger charge is 2.35. The molecule has 31 heavy (non-hydrogen) atoms. The second kappa shape index (κ2) is 10.6. The molecule has 0 bridgehead atoms. The second-order valence-electron chi connectivity index (χ2n) is 11.1. The molecule has 1 rings (SSSR count). The Balaban J connectivity index is 3.38. The number of amides is 1. The topological polar surface area (TPSA) is 73.9 Å². The van der Waals surface area contributed by atoms with Gasteiger partial charge in [-0.1, -0.05) is 60.3 Å². The summed E-state index contributed by atoms with van der Waals surface area (Å²) < 4.78 is 16.8. The molecule has 1 aliphatic rings. The van der Waals surface area contributed by atoms with Crippen LogP contribution in [0.5, 0.6) is 0 Å². The summed E-state index contributed by atoms with van der Waals surface area (Å²) in [6.45, 7) is 22.2. The van der Waals surface area contributed by atoms with Crippen molar-refractivity contribution in [3.63, 3.8) is 0 Å². The van der Waals surface area contributed by atoms with Gasteiger partial charge in [-0.15, -0.1) is 0 Å². The lowest BCUT2D eigenvalue weighted by molar-refractivity contribution is -0.122. The quantitative estimate of drug-likeness (QED) is 0.431. The molecule has 1 N–H and O–H groups in total. The summed E-state index contributed by atoms with van der Waals surface area (Å²) in [5.74, 6) is -0.244. The molecule has 6 nitrogen and oxygen atoms in total. The lowest BCUT2D eigenvalue weighted by Gasteiger charge is -2.29. The predicted octanol–water partition coefficient (Wildman–Crippen LogP) is 5.34. The number of hydrogen-bond acceptors (Lipinski definition) is 5. The van der Waals surface area contributed by atoms with Crippen LogP contribution in [0, 0.1) is 10.8 Å². The van der Waals surface area contributed by atoms with Gasteiger partial charge < -0.3 is 19.5 Å². The highest BCUT2D eigenvalue weighted by Crippen LogP contribution is 2.31. The van der Waals surface area contributed by atoms with E-state index in [1.54, 1.807) is 26.8 Å². The predicted molar refractivity (Wildman–Crippen MR) is 124 cm³/mol. The Kier molecular flexibility index (Phi) is 9.27. The Labute approximate surface area is 188 Å². The molecule has 6 heteroatoms. The lowest BCUT2D eigenvalue weighted by atomic mass is 9.82. The van der Waals surface area contributed by atoms with Crippen LogP contribution < -0.4 is 5.32 Å². The van der Waals surface area contributed by atoms with Crippen LogP contribution in [-0.2, 0) is 19.0 Å². The van der Waals surface area contributed by atoms with Gasteiger partial charge in [0, 0.05) is 0 Å². The lowest BCUT2D eigenvalue weighted by Crippen LogP contribution is -2.47. The molecule has 1 saturated heterocycles. The van der Waals surface area contributed by atoms with E-state index in [1.807, 2.05) is 32.9 Å². The van der Waals surface area contributed by atoms with Gasteiger partial charge in [0.2, 0.25) is 0 Å². The van der Waals surface area contributed by atoms with E-state index in [4.69, 9.17) is 14.2 Å². The fourth-order valence-electron chi connectivity index (χ4n) is 3.08. The molecule has 0 saturated carbocycles. The van der Waals surface area contributed by atoms with E-state index in [0.29, 0.717) is 25.2 Å². The molecule has 0 aromatic rings. The van der Waals surface area contributed by atoms with Gasteiger partial charge in [0.25, 0.3) is 0 Å². The maximum absolute atomic E-state index is 13.7. The number of nitrogens with one attached hydrogen (secondary N) is 1. The molecule has 0 unspecified atom stereocenters. The van der Waals surface area contributed by atoms with Gasteiger partial charge in [0.05, 0.1) is 24.8 Å². The molecule has 1 heterocycles. The Morgan fingerprint density at radius 3 is 2.03 bits per heavy atom. The van der Waals surface area contributed by atoms with Gasteiger partial charge >= 0.3 is 6.09 Å². The minimum absolute atomic E-state index is 0.207. The summed E-state index contributed by atoms with van der Waals surface area (Å²) in [6.07, 6.45) is 4.42. The van der Waals surface area contributed by atoms with Gasteiger partial charge in [-0.3, -0.25) is 4.79 Å². The summed E-state index contributed by atoms with van der Waals surface area (Å²) in [4.78, 5) is 26.2. The number of ether oxygens (including phenoxy) is 3. The summed E-state index contributed by atoms with van der Waals surface area (Å²) in [5.41, 5.74) is 0.197. The molecular formula is C25H41NO5. The van der Waals surface area contributed by atoms with Gasteiger partial charge in [-0.2, -0.15) is 0 Å². The monoisotopic (exact) mass is 435 g/mol. The summed E-state index contributed by atoms with van der Waals surface area (Å²) in [5, 5.41) is 2.78. The zero-order chi connectivity index (χ0) is 24.0. The zero-order valence-corrected chi connectivity index (χ0v) is 20.8. The maximum Gasteiger partial charge on any atom is 0.408 e. The Morgan fingerprint density at radius 2 is 1.61 bits per heavy atom. The number of hydrogen-bond donors (Lipinski definition) is 1. The molecule has 1 amide bonds. The third-order valence-corrected chi connectivity index (χ3v) is 4.46. The van der Waals surface area contributed by atoms with Crippen LogP contribution >= 0.6 is 0 Å². The van der Waals surface area contributed by atoms with Crippen molar-refractivity contribution >= 4 is 11.9 Å². The number of carbonyl (C=O) groups excluding carboxylic acids is 2. The zero-order valence-electron chi connectivity index (χ0n) is 20.8. The van der Waals surface area contributed by atoms with Crippen molar-refractivity contribution < 1.29 is 23.8 Å². The highest BCUT2D eigenvalue weighted by molar-refractivity contribution is 6.02. The average molecular weight is 436 g/mol. The van der Waals surface area contributed by atoms with E-state index >= 15 is 0 Å². The van der Waals surface area contributed by atoms with E-state index in [0.717, 1.165) is 5.57 Å². The number of rotatable bonds is 7. The minimum atomic E-state index is -0.779. The van der Waals surface area contributed by atoms with Crippen molar-refractivity contribution in [1.29, 1.82) is 0 Å². The van der Waals surface area contributed by atoms with E-state index in [-0.39, 0.29) is 16.6 Å². The molecule has 1 fully saturated rings. The molecule has 1 atom stereocenters. The molecule has 0 spiro atoms. The van der Waals surface area contributed by atoms with Crippen molar-refractivity contribution in [2.24, 2.45) is 10.8 Å². The van der Waals surface area contributed by atoms with Crippen LogP contribution in [0.15, 0.2) is 36.0 Å². The molecule has 0 aromatic carbocycles. The first-order valence-corrected chi connectivity index (χ1v) is 10.9. The van der Waals surface area contributed by atoms with E-state index in [9.17, 15) is 9.59 Å². The average Bonchev–Trinajstić information content (AvgIpc) is 3.07. The fraction of sp³-hybridized carbons (Fsp3) is 0.680. The number of ketones is 1. The molecule has 1 aliphatic heterocycles. The standard InChI is InChI=1S/C25H41NO5/c1-11-12-17(24(5,6)7)15-18(21-29-13-14-30-21)20(27)19(16-23(2,3)4)26-22(28)31-25(8,9)10/h11-12,15,19,21H,1,13-14,16H2,2-10H3,(H,26,28)/b17-12+,18-15+/t19-/m1/s1. The third-order valence-electron chi connectivity index (χ3n) is 4.46. The molecule has 0 aliphatic carbocycles. The van der Waals surface area contributed by atoms with E-state index in [1.165, 1.54) is 0 Å². The largest absolute Gasteiger partial charge is 0.444 e. The second-order valence-corrected chi connectivity index (χ2v) is 11.1. The van der Waals surface area contributed by atoms with E-state index in [2.05, 4.69) is 32.7 Å². The van der Waals surface area contributed by atoms with Gasteiger partial charge in [-0.05, 0) is 49.7 Å². The Bertz CT molecular complexity index is 708. The summed E-state index contributed by atoms with van der Waals surface area (Å²) in [7, 11) is 0. The number of alkyl carbamates (subject to hydrolysis) is 1. The SMILES string of the molecule is C=C/C=C(\C=C(/C(=O)[C@@H](CC(C)(C)C)NC(=O)OC(C)(C)C)C1OCCO1)C(C)(C)C. The third kappa shape index (κ3) is 9.83. The van der Waals surface area contributed by atoms with Crippen LogP contribution in [0.3, 0.4) is 0 Å². The van der Waals surface area contributed by atoms with Crippen molar-refractivity contribution in [2.45, 2.75) is 86.7 Å². The van der Waals surface area contributed by atoms with Gasteiger partial charge in [-0.25, -0.2) is 4.79 Å². The van der Waals surface area contributed by atoms with E-state index < -0.39 is 24.0 Å². The normalized spacial score (nSPS) is 18.0. The van der Waals surface area contributed by atoms with Crippen LogP contribution in [-0.4, -0.2) is 43.0 Å². The first kappa shape index (κ1) is 27.1. The van der Waals surface area contributed by atoms with Crippen LogP contribution in [0.25, 0.3) is 0 Å². The highest BCUT2D eigenvalue weighted by atomic mass is 16.7. The maximum atomic E-state index is 13.7. The van der Waals surface area contributed by atoms with Crippen molar-refractivity contribution in [3.8, 4) is 0 Å². The Morgan fingerprint density at radius 1 is 1.06 bits per heavy atom. The van der Waals surface area contributed by atoms with Crippen molar-refractivity contribution in [1.82, 2.24) is 5.32 Å². The first-order chi connectivity index (χ1) is 14.0. The van der Waals surface area contributed by atoms with Gasteiger partial charge in [0.15, 0.2) is 12.1 Å². The molecule has 176 valence electrons. The summed E-state index contributed by atoms with van der Waals surface area (Å²) >= 11 is 0. The molecular weight excluding hydrogens is 394 g/mol. The molecule has 0 radical (unpaired) electrons. The first-order valence-electron chi connectivity index (χ1n) is 10.9. The van der Waals surface area contributed by atoms with Crippen molar-refractivity contribution in [2.75, 3.05) is 13.2 Å². The minimum Gasteiger partial charge on any atom is -0.444 e. The number of allylic oxidation sites excluding steroid dienone is 4. The number of carbonyl (C=O) groups is 2. The number of Topliss-reactive ketones (excluding diaryl/α,β-unsaturated/α-hetero) is 1. The van der Waals surface area contributed by atoms with Crippen LogP contribution in [0.2, 0.25) is 0 Å². The van der Waals surface area contributed by atoms with Crippen LogP contribution in [0.4, 0.5) is 4.79 Å². The fourth-order valence-corrected chi connectivity index (χ4v) is 3.08. The van der Waals surface area contributed by atoms with Gasteiger partial charge in [0.1, 0.15) is 5.60 Å². The molecule has 0 aromatic heterocycles. The Hall–Kier alpha value is -1.92. The van der Waals surface area contributed by atoms with Crippen molar-refractivity contribution in [3.05, 3.63) is 36.0 Å².